The van der Waals surface area contributed by atoms with E-state index < -0.39 is 0 Å². The Bertz CT molecular complexity index is 1090. The number of nitrogens with zero attached hydrogens (tertiary/aromatic N) is 1. The van der Waals surface area contributed by atoms with Gasteiger partial charge in [0.25, 0.3) is 0 Å². The van der Waals surface area contributed by atoms with Gasteiger partial charge in [-0.1, -0.05) is 36.4 Å². The van der Waals surface area contributed by atoms with Crippen molar-refractivity contribution in [1.82, 2.24) is 4.90 Å². The van der Waals surface area contributed by atoms with Crippen LogP contribution in [-0.2, 0) is 19.4 Å². The van der Waals surface area contributed by atoms with Gasteiger partial charge in [-0.25, -0.2) is 0 Å². The zero-order valence-electron chi connectivity index (χ0n) is 17.1. The zero-order valence-corrected chi connectivity index (χ0v) is 17.1. The molecule has 0 saturated heterocycles. The fourth-order valence-electron chi connectivity index (χ4n) is 5.43. The van der Waals surface area contributed by atoms with Crippen molar-refractivity contribution in [3.63, 3.8) is 0 Å². The number of fused-ring (bicyclic) bond motifs is 5. The van der Waals surface area contributed by atoms with E-state index in [1.807, 2.05) is 0 Å². The Labute approximate surface area is 177 Å². The summed E-state index contributed by atoms with van der Waals surface area (Å²) in [6.45, 7) is 2.33. The minimum Gasteiger partial charge on any atom is -0.497 e. The summed E-state index contributed by atoms with van der Waals surface area (Å²) in [6.07, 6.45) is 2.05. The van der Waals surface area contributed by atoms with E-state index in [1.165, 1.54) is 27.8 Å². The number of methoxy groups -OCH3 is 1. The quantitative estimate of drug-likeness (QED) is 0.629. The average Bonchev–Trinajstić information content (AvgIpc) is 3.25. The lowest BCUT2D eigenvalue weighted by Crippen LogP contribution is -2.42. The van der Waals surface area contributed by atoms with E-state index in [-0.39, 0.29) is 0 Å². The lowest BCUT2D eigenvalue weighted by atomic mass is 9.74. The van der Waals surface area contributed by atoms with Crippen molar-refractivity contribution >= 4 is 0 Å². The second-order valence-electron chi connectivity index (χ2n) is 8.43. The second kappa shape index (κ2) is 7.06. The van der Waals surface area contributed by atoms with E-state index in [2.05, 4.69) is 65.6 Å². The molecule has 152 valence electrons. The van der Waals surface area contributed by atoms with Gasteiger partial charge in [0.2, 0.25) is 6.79 Å². The molecule has 0 aromatic heterocycles. The van der Waals surface area contributed by atoms with Crippen LogP contribution in [0.4, 0.5) is 0 Å². The molecule has 0 fully saturated rings. The summed E-state index contributed by atoms with van der Waals surface area (Å²) in [5, 5.41) is 0. The Kier molecular flexibility index (Phi) is 4.20. The van der Waals surface area contributed by atoms with Crippen LogP contribution in [0.1, 0.15) is 39.8 Å². The third-order valence-corrected chi connectivity index (χ3v) is 6.82. The van der Waals surface area contributed by atoms with Crippen molar-refractivity contribution in [2.75, 3.05) is 20.4 Å². The molecule has 0 N–H and O–H groups in total. The van der Waals surface area contributed by atoms with Gasteiger partial charge in [0.05, 0.1) is 7.11 Å². The molecule has 4 nitrogen and oxygen atoms in total. The fourth-order valence-corrected chi connectivity index (χ4v) is 5.43. The van der Waals surface area contributed by atoms with E-state index in [1.54, 1.807) is 7.11 Å². The van der Waals surface area contributed by atoms with Crippen LogP contribution in [0.3, 0.4) is 0 Å². The molecule has 3 aromatic carbocycles. The molecular weight excluding hydrogens is 374 g/mol. The Hall–Kier alpha value is -2.98. The van der Waals surface area contributed by atoms with Gasteiger partial charge in [0, 0.05) is 25.0 Å². The van der Waals surface area contributed by atoms with E-state index in [9.17, 15) is 0 Å². The summed E-state index contributed by atoms with van der Waals surface area (Å²) >= 11 is 0. The lowest BCUT2D eigenvalue weighted by Gasteiger charge is -2.46. The SMILES string of the molecule is COc1ccc2c(c1)CN1CCc3cc4c(cc3[C@@H]1[C@@H]2Cc1ccccc1)OCO4. The molecule has 0 spiro atoms. The molecule has 4 heteroatoms. The summed E-state index contributed by atoms with van der Waals surface area (Å²) in [5.41, 5.74) is 6.99. The van der Waals surface area contributed by atoms with Crippen LogP contribution in [0, 0.1) is 0 Å². The summed E-state index contributed by atoms with van der Waals surface area (Å²) in [5.74, 6) is 3.09. The molecule has 6 rings (SSSR count). The first-order valence-corrected chi connectivity index (χ1v) is 10.7. The predicted octanol–water partition coefficient (Wildman–Crippen LogP) is 4.86. The molecular formula is C26H25NO3. The molecule has 0 radical (unpaired) electrons. The van der Waals surface area contributed by atoms with E-state index in [0.29, 0.717) is 18.8 Å². The Balaban J connectivity index is 1.49. The van der Waals surface area contributed by atoms with Crippen LogP contribution >= 0.6 is 0 Å². The van der Waals surface area contributed by atoms with Gasteiger partial charge in [-0.2, -0.15) is 0 Å². The normalized spacial score (nSPS) is 21.5. The van der Waals surface area contributed by atoms with Crippen molar-refractivity contribution in [3.8, 4) is 17.2 Å². The maximum Gasteiger partial charge on any atom is 0.231 e. The third-order valence-electron chi connectivity index (χ3n) is 6.82. The van der Waals surface area contributed by atoms with Gasteiger partial charge in [0.15, 0.2) is 11.5 Å². The molecule has 0 unspecified atom stereocenters. The summed E-state index contributed by atoms with van der Waals surface area (Å²) < 4.78 is 16.9. The maximum atomic E-state index is 5.74. The molecule has 3 aliphatic rings. The summed E-state index contributed by atoms with van der Waals surface area (Å²) in [4.78, 5) is 2.64. The minimum absolute atomic E-state index is 0.322. The number of hydrogen-bond acceptors (Lipinski definition) is 4. The van der Waals surface area contributed by atoms with E-state index in [0.717, 1.165) is 43.2 Å². The molecule has 3 heterocycles. The monoisotopic (exact) mass is 399 g/mol. The molecule has 3 aliphatic heterocycles. The van der Waals surface area contributed by atoms with Crippen LogP contribution in [-0.4, -0.2) is 25.3 Å². The summed E-state index contributed by atoms with van der Waals surface area (Å²) in [6, 6.07) is 22.2. The Morgan fingerprint density at radius 3 is 2.60 bits per heavy atom. The highest BCUT2D eigenvalue weighted by Crippen LogP contribution is 2.50. The molecule has 0 bridgehead atoms. The molecule has 3 aromatic rings. The van der Waals surface area contributed by atoms with Crippen LogP contribution in [0.25, 0.3) is 0 Å². The molecule has 2 atom stereocenters. The van der Waals surface area contributed by atoms with Crippen molar-refractivity contribution in [3.05, 3.63) is 88.5 Å². The van der Waals surface area contributed by atoms with E-state index in [4.69, 9.17) is 14.2 Å². The van der Waals surface area contributed by atoms with Gasteiger partial charge in [-0.05, 0) is 64.9 Å². The predicted molar refractivity (Wildman–Crippen MR) is 115 cm³/mol. The van der Waals surface area contributed by atoms with Crippen LogP contribution in [0.5, 0.6) is 17.2 Å². The van der Waals surface area contributed by atoms with Gasteiger partial charge in [0.1, 0.15) is 5.75 Å². The van der Waals surface area contributed by atoms with E-state index >= 15 is 0 Å². The zero-order chi connectivity index (χ0) is 20.1. The highest BCUT2D eigenvalue weighted by atomic mass is 16.7. The minimum atomic E-state index is 0.322. The number of rotatable bonds is 3. The van der Waals surface area contributed by atoms with Gasteiger partial charge < -0.3 is 14.2 Å². The molecule has 0 amide bonds. The standard InChI is InChI=1S/C26H25NO3/c1-28-20-7-8-21-19(12-20)15-27-10-9-18-13-24-25(30-16-29-24)14-22(18)26(27)23(21)11-17-5-3-2-4-6-17/h2-8,12-14,23,26H,9-11,15-16H2,1H3/t23-,26-/m1/s1. The maximum absolute atomic E-state index is 5.74. The fraction of sp³-hybridized carbons (Fsp3) is 0.308. The van der Waals surface area contributed by atoms with Gasteiger partial charge in [-0.3, -0.25) is 4.90 Å². The molecule has 0 saturated carbocycles. The Morgan fingerprint density at radius 1 is 0.933 bits per heavy atom. The number of hydrogen-bond donors (Lipinski definition) is 0. The van der Waals surface area contributed by atoms with Gasteiger partial charge >= 0.3 is 0 Å². The van der Waals surface area contributed by atoms with Crippen molar-refractivity contribution in [1.29, 1.82) is 0 Å². The first-order valence-electron chi connectivity index (χ1n) is 10.7. The smallest absolute Gasteiger partial charge is 0.231 e. The van der Waals surface area contributed by atoms with Crippen molar-refractivity contribution in [2.24, 2.45) is 0 Å². The first kappa shape index (κ1) is 17.8. The highest BCUT2D eigenvalue weighted by molar-refractivity contribution is 5.53. The largest absolute Gasteiger partial charge is 0.497 e. The van der Waals surface area contributed by atoms with Crippen LogP contribution in [0.2, 0.25) is 0 Å². The molecule has 30 heavy (non-hydrogen) atoms. The van der Waals surface area contributed by atoms with Crippen LogP contribution < -0.4 is 14.2 Å². The second-order valence-corrected chi connectivity index (χ2v) is 8.43. The third kappa shape index (κ3) is 2.86. The first-order chi connectivity index (χ1) is 14.8. The molecule has 0 aliphatic carbocycles. The topological polar surface area (TPSA) is 30.9 Å². The lowest BCUT2D eigenvalue weighted by molar-refractivity contribution is 0.132. The Morgan fingerprint density at radius 2 is 1.77 bits per heavy atom. The van der Waals surface area contributed by atoms with Gasteiger partial charge in [-0.15, -0.1) is 0 Å². The van der Waals surface area contributed by atoms with Crippen molar-refractivity contribution < 1.29 is 14.2 Å². The van der Waals surface area contributed by atoms with Crippen LogP contribution in [0.15, 0.2) is 60.7 Å². The van der Waals surface area contributed by atoms with Crippen molar-refractivity contribution in [2.45, 2.75) is 31.3 Å². The number of benzene rings is 3. The average molecular weight is 399 g/mol. The highest BCUT2D eigenvalue weighted by Gasteiger charge is 2.40. The number of ether oxygens (including phenoxy) is 3. The summed E-state index contributed by atoms with van der Waals surface area (Å²) in [7, 11) is 1.74.